The zero-order chi connectivity index (χ0) is 13.9. The largest absolute Gasteiger partial charge is 0.390 e. The van der Waals surface area contributed by atoms with Crippen LogP contribution in [-0.2, 0) is 17.6 Å². The molecular formula is C14H17F2NO2. The number of halogens is 2. The van der Waals surface area contributed by atoms with Crippen molar-refractivity contribution in [1.29, 1.82) is 0 Å². The number of fused-ring (bicyclic) bond motifs is 1. The summed E-state index contributed by atoms with van der Waals surface area (Å²) in [5.41, 5.74) is 2.34. The van der Waals surface area contributed by atoms with Crippen LogP contribution in [0.2, 0.25) is 0 Å². The minimum Gasteiger partial charge on any atom is -0.390 e. The summed E-state index contributed by atoms with van der Waals surface area (Å²) < 4.78 is 25.7. The third-order valence-electron chi connectivity index (χ3n) is 3.47. The lowest BCUT2D eigenvalue weighted by atomic mass is 9.83. The fourth-order valence-electron chi connectivity index (χ4n) is 2.34. The Labute approximate surface area is 110 Å². The standard InChI is InChI=1S/C14H17F2NO2/c15-14(16,9-18)8-17-13(19)12-6-5-10-3-1-2-4-11(10)7-12/h1-4,12,18H,5-9H2,(H,17,19). The molecular weight excluding hydrogens is 252 g/mol. The lowest BCUT2D eigenvalue weighted by molar-refractivity contribution is -0.128. The van der Waals surface area contributed by atoms with Crippen LogP contribution >= 0.6 is 0 Å². The van der Waals surface area contributed by atoms with Crippen LogP contribution in [0.3, 0.4) is 0 Å². The Hall–Kier alpha value is -1.49. The molecule has 0 saturated carbocycles. The second-order valence-electron chi connectivity index (χ2n) is 4.94. The first-order chi connectivity index (χ1) is 9.02. The van der Waals surface area contributed by atoms with Crippen molar-refractivity contribution in [3.8, 4) is 0 Å². The van der Waals surface area contributed by atoms with Gasteiger partial charge in [-0.15, -0.1) is 0 Å². The maximum absolute atomic E-state index is 12.9. The van der Waals surface area contributed by atoms with Crippen LogP contribution < -0.4 is 5.32 Å². The Bertz CT molecular complexity index is 463. The van der Waals surface area contributed by atoms with E-state index in [0.717, 1.165) is 12.0 Å². The smallest absolute Gasteiger partial charge is 0.287 e. The van der Waals surface area contributed by atoms with Gasteiger partial charge in [0.25, 0.3) is 5.92 Å². The van der Waals surface area contributed by atoms with E-state index in [1.54, 1.807) is 0 Å². The molecule has 1 aliphatic rings. The van der Waals surface area contributed by atoms with Gasteiger partial charge in [-0.25, -0.2) is 8.78 Å². The molecule has 19 heavy (non-hydrogen) atoms. The Morgan fingerprint density at radius 3 is 2.74 bits per heavy atom. The number of alkyl halides is 2. The average molecular weight is 269 g/mol. The van der Waals surface area contributed by atoms with Gasteiger partial charge in [-0.1, -0.05) is 24.3 Å². The molecule has 0 heterocycles. The topological polar surface area (TPSA) is 49.3 Å². The highest BCUT2D eigenvalue weighted by atomic mass is 19.3. The number of carbonyl (C=O) groups excluding carboxylic acids is 1. The molecule has 1 atom stereocenters. The maximum atomic E-state index is 12.9. The number of hydrogen-bond donors (Lipinski definition) is 2. The fourth-order valence-corrected chi connectivity index (χ4v) is 2.34. The highest BCUT2D eigenvalue weighted by molar-refractivity contribution is 5.79. The lowest BCUT2D eigenvalue weighted by Crippen LogP contribution is -2.42. The molecule has 104 valence electrons. The summed E-state index contributed by atoms with van der Waals surface area (Å²) >= 11 is 0. The Morgan fingerprint density at radius 1 is 1.37 bits per heavy atom. The fraction of sp³-hybridized carbons (Fsp3) is 0.500. The van der Waals surface area contributed by atoms with Crippen LogP contribution in [0.1, 0.15) is 17.5 Å². The summed E-state index contributed by atoms with van der Waals surface area (Å²) in [5, 5.41) is 10.7. The van der Waals surface area contributed by atoms with Crippen molar-refractivity contribution in [3.63, 3.8) is 0 Å². The molecule has 2 rings (SSSR count). The summed E-state index contributed by atoms with van der Waals surface area (Å²) in [6.45, 7) is -2.05. The van der Waals surface area contributed by atoms with Crippen molar-refractivity contribution in [2.45, 2.75) is 25.2 Å². The molecule has 0 fully saturated rings. The molecule has 3 nitrogen and oxygen atoms in total. The van der Waals surface area contributed by atoms with E-state index in [0.29, 0.717) is 12.8 Å². The van der Waals surface area contributed by atoms with Gasteiger partial charge in [-0.05, 0) is 30.4 Å². The first-order valence-electron chi connectivity index (χ1n) is 6.35. The second-order valence-corrected chi connectivity index (χ2v) is 4.94. The van der Waals surface area contributed by atoms with E-state index in [4.69, 9.17) is 5.11 Å². The zero-order valence-corrected chi connectivity index (χ0v) is 10.5. The lowest BCUT2D eigenvalue weighted by Gasteiger charge is -2.24. The van der Waals surface area contributed by atoms with E-state index in [2.05, 4.69) is 5.32 Å². The van der Waals surface area contributed by atoms with Gasteiger partial charge in [0.05, 0.1) is 6.54 Å². The van der Waals surface area contributed by atoms with Crippen molar-refractivity contribution >= 4 is 5.91 Å². The molecule has 1 unspecified atom stereocenters. The maximum Gasteiger partial charge on any atom is 0.287 e. The van der Waals surface area contributed by atoms with Crippen LogP contribution in [0.25, 0.3) is 0 Å². The first kappa shape index (κ1) is 13.9. The number of nitrogens with one attached hydrogen (secondary N) is 1. The van der Waals surface area contributed by atoms with Gasteiger partial charge in [0, 0.05) is 5.92 Å². The van der Waals surface area contributed by atoms with Gasteiger partial charge in [0.1, 0.15) is 6.61 Å². The molecule has 0 aliphatic heterocycles. The van der Waals surface area contributed by atoms with Gasteiger partial charge in [-0.3, -0.25) is 4.79 Å². The monoisotopic (exact) mass is 269 g/mol. The van der Waals surface area contributed by atoms with E-state index in [-0.39, 0.29) is 11.8 Å². The summed E-state index contributed by atoms with van der Waals surface area (Å²) in [7, 11) is 0. The number of aliphatic hydroxyl groups is 1. The van der Waals surface area contributed by atoms with E-state index in [1.807, 2.05) is 24.3 Å². The van der Waals surface area contributed by atoms with Gasteiger partial charge < -0.3 is 10.4 Å². The van der Waals surface area contributed by atoms with Gasteiger partial charge in [-0.2, -0.15) is 0 Å². The van der Waals surface area contributed by atoms with Crippen LogP contribution in [0.15, 0.2) is 24.3 Å². The third kappa shape index (κ3) is 3.50. The molecule has 0 spiro atoms. The van der Waals surface area contributed by atoms with Gasteiger partial charge in [0.2, 0.25) is 5.91 Å². The van der Waals surface area contributed by atoms with Crippen LogP contribution in [0, 0.1) is 5.92 Å². The Kier molecular flexibility index (Phi) is 4.14. The van der Waals surface area contributed by atoms with Crippen molar-refractivity contribution in [1.82, 2.24) is 5.32 Å². The highest BCUT2D eigenvalue weighted by Gasteiger charge is 2.30. The molecule has 1 aliphatic carbocycles. The molecule has 1 aromatic carbocycles. The van der Waals surface area contributed by atoms with Crippen LogP contribution in [0.5, 0.6) is 0 Å². The molecule has 0 aromatic heterocycles. The van der Waals surface area contributed by atoms with Crippen LogP contribution in [0.4, 0.5) is 8.78 Å². The minimum absolute atomic E-state index is 0.260. The normalized spacial score (nSPS) is 18.8. The number of amides is 1. The molecule has 0 radical (unpaired) electrons. The number of carbonyl (C=O) groups is 1. The first-order valence-corrected chi connectivity index (χ1v) is 6.35. The number of aryl methyl sites for hydroxylation is 1. The summed E-state index contributed by atoms with van der Waals surface area (Å²) in [5.74, 6) is -3.87. The zero-order valence-electron chi connectivity index (χ0n) is 10.5. The second kappa shape index (κ2) is 5.65. The van der Waals surface area contributed by atoms with Crippen molar-refractivity contribution < 1.29 is 18.7 Å². The number of aliphatic hydroxyl groups excluding tert-OH is 1. The van der Waals surface area contributed by atoms with Crippen molar-refractivity contribution in [2.75, 3.05) is 13.2 Å². The van der Waals surface area contributed by atoms with Crippen LogP contribution in [-0.4, -0.2) is 30.1 Å². The number of benzene rings is 1. The summed E-state index contributed by atoms with van der Waals surface area (Å²) in [4.78, 5) is 11.8. The average Bonchev–Trinajstić information content (AvgIpc) is 2.44. The van der Waals surface area contributed by atoms with E-state index in [9.17, 15) is 13.6 Å². The molecule has 1 aromatic rings. The Morgan fingerprint density at radius 2 is 2.05 bits per heavy atom. The third-order valence-corrected chi connectivity index (χ3v) is 3.47. The molecule has 0 saturated heterocycles. The number of rotatable bonds is 4. The number of hydrogen-bond acceptors (Lipinski definition) is 2. The van der Waals surface area contributed by atoms with E-state index < -0.39 is 19.1 Å². The summed E-state index contributed by atoms with van der Waals surface area (Å²) in [6.07, 6.45) is 2.06. The highest BCUT2D eigenvalue weighted by Crippen LogP contribution is 2.25. The SMILES string of the molecule is O=C(NCC(F)(F)CO)C1CCc2ccccc2C1. The van der Waals surface area contributed by atoms with E-state index >= 15 is 0 Å². The summed E-state index contributed by atoms with van der Waals surface area (Å²) in [6, 6.07) is 7.88. The van der Waals surface area contributed by atoms with Gasteiger partial charge >= 0.3 is 0 Å². The quantitative estimate of drug-likeness (QED) is 0.871. The predicted molar refractivity (Wildman–Crippen MR) is 67.0 cm³/mol. The minimum atomic E-state index is -3.25. The Balaban J connectivity index is 1.92. The molecule has 5 heteroatoms. The predicted octanol–water partition coefficient (Wildman–Crippen LogP) is 1.54. The van der Waals surface area contributed by atoms with Crippen molar-refractivity contribution in [3.05, 3.63) is 35.4 Å². The molecule has 2 N–H and O–H groups in total. The molecule has 1 amide bonds. The van der Waals surface area contributed by atoms with Gasteiger partial charge in [0.15, 0.2) is 0 Å². The molecule has 0 bridgehead atoms. The van der Waals surface area contributed by atoms with E-state index in [1.165, 1.54) is 5.56 Å². The van der Waals surface area contributed by atoms with Crippen molar-refractivity contribution in [2.24, 2.45) is 5.92 Å².